The third kappa shape index (κ3) is 4.19. The highest BCUT2D eigenvalue weighted by atomic mass is 35.5. The van der Waals surface area contributed by atoms with Crippen molar-refractivity contribution in [2.75, 3.05) is 25.6 Å². The zero-order chi connectivity index (χ0) is 13.7. The molecule has 0 aliphatic heterocycles. The SMILES string of the molecule is CSCCN(C)Cc1cc(Cl)cc(C(C)=O)c1O. The standard InChI is InChI=1S/C13H18ClNO2S/c1-9(16)12-7-11(14)6-10(13(12)17)8-15(2)4-5-18-3/h6-7,17H,4-5,8H2,1-3H3. The second-order valence-corrected chi connectivity index (χ2v) is 5.67. The fourth-order valence-corrected chi connectivity index (χ4v) is 2.40. The lowest BCUT2D eigenvalue weighted by molar-refractivity contribution is 0.101. The summed E-state index contributed by atoms with van der Waals surface area (Å²) in [5.74, 6) is 0.892. The van der Waals surface area contributed by atoms with Crippen molar-refractivity contribution in [1.29, 1.82) is 0 Å². The summed E-state index contributed by atoms with van der Waals surface area (Å²) in [5, 5.41) is 10.5. The van der Waals surface area contributed by atoms with Crippen LogP contribution < -0.4 is 0 Å². The second kappa shape index (κ2) is 7.02. The number of halogens is 1. The number of Topliss-reactive ketones (excluding diaryl/α,β-unsaturated/α-hetero) is 1. The highest BCUT2D eigenvalue weighted by Crippen LogP contribution is 2.28. The zero-order valence-corrected chi connectivity index (χ0v) is 12.4. The van der Waals surface area contributed by atoms with Crippen molar-refractivity contribution in [3.63, 3.8) is 0 Å². The Bertz CT molecular complexity index is 437. The molecule has 0 saturated carbocycles. The molecule has 0 aromatic heterocycles. The summed E-state index contributed by atoms with van der Waals surface area (Å²) in [6.45, 7) is 2.92. The molecule has 1 N–H and O–H groups in total. The summed E-state index contributed by atoms with van der Waals surface area (Å²) >= 11 is 7.74. The van der Waals surface area contributed by atoms with Gasteiger partial charge >= 0.3 is 0 Å². The number of thioether (sulfide) groups is 1. The number of carbonyl (C=O) groups is 1. The highest BCUT2D eigenvalue weighted by molar-refractivity contribution is 7.98. The van der Waals surface area contributed by atoms with Crippen LogP contribution in [0.2, 0.25) is 5.02 Å². The van der Waals surface area contributed by atoms with Crippen LogP contribution in [0.5, 0.6) is 5.75 Å². The van der Waals surface area contributed by atoms with Crippen LogP contribution in [-0.2, 0) is 6.54 Å². The van der Waals surface area contributed by atoms with Crippen molar-refractivity contribution in [2.45, 2.75) is 13.5 Å². The van der Waals surface area contributed by atoms with Gasteiger partial charge in [-0.1, -0.05) is 11.6 Å². The Kier molecular flexibility index (Phi) is 5.99. The molecule has 3 nitrogen and oxygen atoms in total. The smallest absolute Gasteiger partial charge is 0.163 e. The first-order valence-corrected chi connectivity index (χ1v) is 7.42. The minimum Gasteiger partial charge on any atom is -0.507 e. The molecule has 0 spiro atoms. The fraction of sp³-hybridized carbons (Fsp3) is 0.462. The zero-order valence-electron chi connectivity index (χ0n) is 10.9. The molecule has 100 valence electrons. The van der Waals surface area contributed by atoms with Crippen LogP contribution in [0.15, 0.2) is 12.1 Å². The largest absolute Gasteiger partial charge is 0.507 e. The molecule has 0 aliphatic carbocycles. The van der Waals surface area contributed by atoms with E-state index in [1.807, 2.05) is 7.05 Å². The lowest BCUT2D eigenvalue weighted by Gasteiger charge is -2.18. The average molecular weight is 288 g/mol. The Morgan fingerprint density at radius 1 is 1.50 bits per heavy atom. The number of benzene rings is 1. The van der Waals surface area contributed by atoms with Gasteiger partial charge in [0, 0.05) is 29.4 Å². The van der Waals surface area contributed by atoms with Crippen molar-refractivity contribution in [3.8, 4) is 5.75 Å². The van der Waals surface area contributed by atoms with E-state index in [1.165, 1.54) is 13.0 Å². The molecular formula is C13H18ClNO2S. The first kappa shape index (κ1) is 15.3. The molecule has 0 radical (unpaired) electrons. The molecular weight excluding hydrogens is 270 g/mol. The van der Waals surface area contributed by atoms with E-state index in [0.717, 1.165) is 12.3 Å². The molecule has 0 bridgehead atoms. The molecule has 5 heteroatoms. The van der Waals surface area contributed by atoms with Gasteiger partial charge in [0.15, 0.2) is 5.78 Å². The normalized spacial score (nSPS) is 10.9. The molecule has 0 heterocycles. The van der Waals surface area contributed by atoms with E-state index in [-0.39, 0.29) is 17.1 Å². The van der Waals surface area contributed by atoms with Gasteiger partial charge in [0.25, 0.3) is 0 Å². The summed E-state index contributed by atoms with van der Waals surface area (Å²) in [4.78, 5) is 13.5. The predicted molar refractivity (Wildman–Crippen MR) is 77.8 cm³/mol. The van der Waals surface area contributed by atoms with Crippen molar-refractivity contribution in [3.05, 3.63) is 28.3 Å². The number of aromatic hydroxyl groups is 1. The number of ketones is 1. The quantitative estimate of drug-likeness (QED) is 0.817. The maximum atomic E-state index is 11.4. The topological polar surface area (TPSA) is 40.5 Å². The van der Waals surface area contributed by atoms with E-state index in [1.54, 1.807) is 17.8 Å². The highest BCUT2D eigenvalue weighted by Gasteiger charge is 2.14. The number of phenolic OH excluding ortho intramolecular Hbond substituents is 1. The van der Waals surface area contributed by atoms with Gasteiger partial charge in [-0.2, -0.15) is 11.8 Å². The van der Waals surface area contributed by atoms with Crippen LogP contribution in [0, 0.1) is 0 Å². The van der Waals surface area contributed by atoms with Crippen molar-refractivity contribution in [2.24, 2.45) is 0 Å². The van der Waals surface area contributed by atoms with Gasteiger partial charge < -0.3 is 10.0 Å². The number of phenols is 1. The first-order chi connectivity index (χ1) is 8.45. The third-order valence-corrected chi connectivity index (χ3v) is 3.46. The van der Waals surface area contributed by atoms with Gasteiger partial charge in [-0.15, -0.1) is 0 Å². The van der Waals surface area contributed by atoms with Gasteiger partial charge in [-0.3, -0.25) is 4.79 Å². The van der Waals surface area contributed by atoms with Crippen molar-refractivity contribution in [1.82, 2.24) is 4.90 Å². The van der Waals surface area contributed by atoms with Gasteiger partial charge in [0.1, 0.15) is 5.75 Å². The number of rotatable bonds is 6. The van der Waals surface area contributed by atoms with Crippen LogP contribution >= 0.6 is 23.4 Å². The van der Waals surface area contributed by atoms with Crippen molar-refractivity contribution < 1.29 is 9.90 Å². The van der Waals surface area contributed by atoms with E-state index < -0.39 is 0 Å². The molecule has 0 amide bonds. The number of hydrogen-bond donors (Lipinski definition) is 1. The monoisotopic (exact) mass is 287 g/mol. The van der Waals surface area contributed by atoms with Gasteiger partial charge in [-0.05, 0) is 32.4 Å². The average Bonchev–Trinajstić information content (AvgIpc) is 2.30. The molecule has 0 saturated heterocycles. The Labute approximate surface area is 117 Å². The van der Waals surface area contributed by atoms with Crippen LogP contribution in [0.3, 0.4) is 0 Å². The van der Waals surface area contributed by atoms with E-state index in [2.05, 4.69) is 11.2 Å². The number of hydrogen-bond acceptors (Lipinski definition) is 4. The summed E-state index contributed by atoms with van der Waals surface area (Å²) in [6.07, 6.45) is 2.05. The Morgan fingerprint density at radius 3 is 2.72 bits per heavy atom. The molecule has 0 unspecified atom stereocenters. The molecule has 0 atom stereocenters. The molecule has 18 heavy (non-hydrogen) atoms. The summed E-state index contributed by atoms with van der Waals surface area (Å²) < 4.78 is 0. The lowest BCUT2D eigenvalue weighted by Crippen LogP contribution is -2.21. The molecule has 1 aromatic carbocycles. The summed E-state index contributed by atoms with van der Waals surface area (Å²) in [5.41, 5.74) is 0.979. The Morgan fingerprint density at radius 2 is 2.17 bits per heavy atom. The summed E-state index contributed by atoms with van der Waals surface area (Å²) in [7, 11) is 1.98. The van der Waals surface area contributed by atoms with Crippen LogP contribution in [-0.4, -0.2) is 41.4 Å². The maximum absolute atomic E-state index is 11.4. The van der Waals surface area contributed by atoms with Crippen LogP contribution in [0.25, 0.3) is 0 Å². The first-order valence-electron chi connectivity index (χ1n) is 5.65. The minimum atomic E-state index is -0.178. The van der Waals surface area contributed by atoms with Crippen LogP contribution in [0.1, 0.15) is 22.8 Å². The Hall–Kier alpha value is -0.710. The van der Waals surface area contributed by atoms with Crippen molar-refractivity contribution >= 4 is 29.1 Å². The predicted octanol–water partition coefficient (Wildman–Crippen LogP) is 3.04. The van der Waals surface area contributed by atoms with Gasteiger partial charge in [0.2, 0.25) is 0 Å². The van der Waals surface area contributed by atoms with Gasteiger partial charge in [0.05, 0.1) is 5.56 Å². The van der Waals surface area contributed by atoms with E-state index in [4.69, 9.17) is 11.6 Å². The van der Waals surface area contributed by atoms with E-state index >= 15 is 0 Å². The Balaban J connectivity index is 2.91. The molecule has 1 rings (SSSR count). The molecule has 0 fully saturated rings. The van der Waals surface area contributed by atoms with E-state index in [0.29, 0.717) is 17.1 Å². The number of carbonyl (C=O) groups excluding carboxylic acids is 1. The summed E-state index contributed by atoms with van der Waals surface area (Å²) in [6, 6.07) is 3.21. The fourth-order valence-electron chi connectivity index (χ4n) is 1.66. The maximum Gasteiger partial charge on any atom is 0.163 e. The van der Waals surface area contributed by atoms with Crippen LogP contribution in [0.4, 0.5) is 0 Å². The third-order valence-electron chi connectivity index (χ3n) is 2.65. The second-order valence-electron chi connectivity index (χ2n) is 4.25. The molecule has 0 aliphatic rings. The van der Waals surface area contributed by atoms with Gasteiger partial charge in [-0.25, -0.2) is 0 Å². The van der Waals surface area contributed by atoms with E-state index in [9.17, 15) is 9.90 Å². The number of nitrogens with zero attached hydrogens (tertiary/aromatic N) is 1. The molecule has 1 aromatic rings. The minimum absolute atomic E-state index is 0.0444. The lowest BCUT2D eigenvalue weighted by atomic mass is 10.1.